The van der Waals surface area contributed by atoms with Crippen molar-refractivity contribution in [2.75, 3.05) is 36.0 Å². The lowest BCUT2D eigenvalue weighted by Gasteiger charge is -2.34. The Bertz CT molecular complexity index is 1010. The number of piperazine rings is 1. The number of carboxylic acids is 1. The lowest BCUT2D eigenvalue weighted by atomic mass is 10.1. The maximum Gasteiger partial charge on any atom is 0.445 e. The van der Waals surface area contributed by atoms with Crippen LogP contribution in [-0.4, -0.2) is 52.6 Å². The minimum atomic E-state index is -4.53. The molecule has 1 aliphatic heterocycles. The highest BCUT2D eigenvalue weighted by molar-refractivity contribution is 7.15. The molecular weight excluding hydrogens is 411 g/mol. The number of carbonyl (C=O) groups is 1. The third-order valence-corrected chi connectivity index (χ3v) is 5.46. The predicted octanol–water partition coefficient (Wildman–Crippen LogP) is 3.24. The molecule has 1 aliphatic rings. The summed E-state index contributed by atoms with van der Waals surface area (Å²) < 4.78 is 43.5. The van der Waals surface area contributed by atoms with E-state index in [4.69, 9.17) is 4.52 Å². The normalized spacial score (nSPS) is 15.0. The van der Waals surface area contributed by atoms with Crippen LogP contribution in [0.15, 0.2) is 34.9 Å². The fraction of sp³-hybridized carbons (Fsp3) is 0.294. The van der Waals surface area contributed by atoms with Crippen LogP contribution in [0.5, 0.6) is 0 Å². The number of hydrogen-bond donors (Lipinski definition) is 1. The zero-order chi connectivity index (χ0) is 20.6. The third-order valence-electron chi connectivity index (χ3n) is 4.43. The van der Waals surface area contributed by atoms with Gasteiger partial charge in [0, 0.05) is 31.7 Å². The predicted molar refractivity (Wildman–Crippen MR) is 98.2 cm³/mol. The molecule has 2 aromatic heterocycles. The number of alkyl halides is 3. The molecule has 12 heteroatoms. The van der Waals surface area contributed by atoms with E-state index in [0.717, 1.165) is 0 Å². The number of rotatable bonds is 4. The molecule has 1 N–H and O–H groups in total. The van der Waals surface area contributed by atoms with Gasteiger partial charge in [-0.1, -0.05) is 46.8 Å². The highest BCUT2D eigenvalue weighted by Gasteiger charge is 2.37. The molecule has 3 aromatic rings. The maximum atomic E-state index is 12.7. The number of nitrogens with zero attached hydrogens (tertiary/aromatic N) is 5. The Kier molecular flexibility index (Phi) is 4.86. The number of aromatic nitrogens is 3. The Hall–Kier alpha value is -3.15. The van der Waals surface area contributed by atoms with Gasteiger partial charge in [-0.15, -0.1) is 10.2 Å². The van der Waals surface area contributed by atoms with Crippen molar-refractivity contribution in [3.05, 3.63) is 40.9 Å². The topological polar surface area (TPSA) is 95.6 Å². The maximum absolute atomic E-state index is 12.7. The standard InChI is InChI=1S/C17H14F3N5O3S/c18-17(19,20)15-21-22-16(29-15)25-8-6-24(7-9-25)13-11(14(26)27)12(28-23-13)10-4-2-1-3-5-10/h1-5H,6-9H2,(H,26,27). The van der Waals surface area contributed by atoms with E-state index in [1.54, 1.807) is 40.1 Å². The van der Waals surface area contributed by atoms with Gasteiger partial charge < -0.3 is 19.4 Å². The molecule has 1 aromatic carbocycles. The van der Waals surface area contributed by atoms with E-state index in [9.17, 15) is 23.1 Å². The molecule has 0 amide bonds. The summed E-state index contributed by atoms with van der Waals surface area (Å²) in [5.74, 6) is -0.805. The van der Waals surface area contributed by atoms with Crippen molar-refractivity contribution in [3.8, 4) is 11.3 Å². The lowest BCUT2D eigenvalue weighted by molar-refractivity contribution is -0.138. The average Bonchev–Trinajstić information content (AvgIpc) is 3.36. The first-order valence-electron chi connectivity index (χ1n) is 8.53. The van der Waals surface area contributed by atoms with Gasteiger partial charge in [0.2, 0.25) is 10.1 Å². The molecule has 0 atom stereocenters. The Morgan fingerprint density at radius 1 is 1.07 bits per heavy atom. The minimum Gasteiger partial charge on any atom is -0.477 e. The molecule has 1 fully saturated rings. The molecule has 0 aliphatic carbocycles. The number of aromatic carboxylic acids is 1. The Labute approximate surface area is 166 Å². The Morgan fingerprint density at radius 2 is 1.72 bits per heavy atom. The summed E-state index contributed by atoms with van der Waals surface area (Å²) in [6.45, 7) is 1.39. The van der Waals surface area contributed by atoms with Crippen molar-refractivity contribution < 1.29 is 27.6 Å². The summed E-state index contributed by atoms with van der Waals surface area (Å²) in [7, 11) is 0. The van der Waals surface area contributed by atoms with Gasteiger partial charge in [0.1, 0.15) is 0 Å². The smallest absolute Gasteiger partial charge is 0.445 e. The molecule has 4 rings (SSSR count). The Balaban J connectivity index is 1.52. The first-order valence-corrected chi connectivity index (χ1v) is 9.35. The molecule has 0 bridgehead atoms. The lowest BCUT2D eigenvalue weighted by Crippen LogP contribution is -2.47. The highest BCUT2D eigenvalue weighted by Crippen LogP contribution is 2.35. The van der Waals surface area contributed by atoms with Crippen molar-refractivity contribution in [2.45, 2.75) is 6.18 Å². The van der Waals surface area contributed by atoms with Crippen LogP contribution < -0.4 is 9.80 Å². The summed E-state index contributed by atoms with van der Waals surface area (Å²) in [5, 5.41) is 19.6. The van der Waals surface area contributed by atoms with Crippen LogP contribution >= 0.6 is 11.3 Å². The van der Waals surface area contributed by atoms with Gasteiger partial charge in [0.25, 0.3) is 0 Å². The van der Waals surface area contributed by atoms with Gasteiger partial charge >= 0.3 is 12.1 Å². The average molecular weight is 425 g/mol. The number of halogens is 3. The van der Waals surface area contributed by atoms with Gasteiger partial charge in [-0.2, -0.15) is 13.2 Å². The second-order valence-electron chi connectivity index (χ2n) is 6.24. The van der Waals surface area contributed by atoms with Crippen molar-refractivity contribution >= 4 is 28.3 Å². The summed E-state index contributed by atoms with van der Waals surface area (Å²) in [5.41, 5.74) is 0.552. The third kappa shape index (κ3) is 3.75. The second kappa shape index (κ2) is 7.35. The van der Waals surface area contributed by atoms with Crippen LogP contribution in [0.1, 0.15) is 15.4 Å². The molecule has 3 heterocycles. The van der Waals surface area contributed by atoms with Crippen molar-refractivity contribution in [1.82, 2.24) is 15.4 Å². The summed E-state index contributed by atoms with van der Waals surface area (Å²) >= 11 is 0.485. The zero-order valence-electron chi connectivity index (χ0n) is 14.8. The van der Waals surface area contributed by atoms with E-state index < -0.39 is 17.2 Å². The van der Waals surface area contributed by atoms with E-state index in [2.05, 4.69) is 15.4 Å². The quantitative estimate of drug-likeness (QED) is 0.681. The monoisotopic (exact) mass is 425 g/mol. The molecule has 152 valence electrons. The summed E-state index contributed by atoms with van der Waals surface area (Å²) in [6.07, 6.45) is -4.53. The van der Waals surface area contributed by atoms with Crippen molar-refractivity contribution in [2.24, 2.45) is 0 Å². The second-order valence-corrected chi connectivity index (χ2v) is 7.20. The molecule has 0 radical (unpaired) electrons. The first-order chi connectivity index (χ1) is 13.8. The number of benzene rings is 1. The number of hydrogen-bond acceptors (Lipinski definition) is 8. The molecule has 8 nitrogen and oxygen atoms in total. The van der Waals surface area contributed by atoms with Crippen LogP contribution in [0.2, 0.25) is 0 Å². The number of anilines is 2. The molecule has 29 heavy (non-hydrogen) atoms. The summed E-state index contributed by atoms with van der Waals surface area (Å²) in [4.78, 5) is 15.3. The van der Waals surface area contributed by atoms with E-state index in [0.29, 0.717) is 43.1 Å². The van der Waals surface area contributed by atoms with Crippen LogP contribution in [0, 0.1) is 0 Å². The van der Waals surface area contributed by atoms with Gasteiger partial charge in [-0.3, -0.25) is 0 Å². The van der Waals surface area contributed by atoms with Gasteiger partial charge in [-0.05, 0) is 0 Å². The van der Waals surface area contributed by atoms with Crippen molar-refractivity contribution in [3.63, 3.8) is 0 Å². The van der Waals surface area contributed by atoms with Crippen molar-refractivity contribution in [1.29, 1.82) is 0 Å². The van der Waals surface area contributed by atoms with Gasteiger partial charge in [-0.25, -0.2) is 4.79 Å². The van der Waals surface area contributed by atoms with Crippen LogP contribution in [0.3, 0.4) is 0 Å². The van der Waals surface area contributed by atoms with Gasteiger partial charge in [0.05, 0.1) is 0 Å². The molecular formula is C17H14F3N5O3S. The van der Waals surface area contributed by atoms with Gasteiger partial charge in [0.15, 0.2) is 17.1 Å². The fourth-order valence-electron chi connectivity index (χ4n) is 3.04. The van der Waals surface area contributed by atoms with E-state index in [1.807, 2.05) is 0 Å². The van der Waals surface area contributed by atoms with Crippen LogP contribution in [-0.2, 0) is 6.18 Å². The molecule has 0 saturated carbocycles. The SMILES string of the molecule is O=C(O)c1c(N2CCN(c3nnc(C(F)(F)F)s3)CC2)noc1-c1ccccc1. The van der Waals surface area contributed by atoms with Crippen LogP contribution in [0.25, 0.3) is 11.3 Å². The van der Waals surface area contributed by atoms with E-state index >= 15 is 0 Å². The number of carboxylic acid groups (broad SMARTS) is 1. The van der Waals surface area contributed by atoms with E-state index in [-0.39, 0.29) is 22.3 Å². The largest absolute Gasteiger partial charge is 0.477 e. The molecule has 0 unspecified atom stereocenters. The minimum absolute atomic E-state index is 0.0417. The highest BCUT2D eigenvalue weighted by atomic mass is 32.1. The fourth-order valence-corrected chi connectivity index (χ4v) is 3.81. The summed E-state index contributed by atoms with van der Waals surface area (Å²) in [6, 6.07) is 8.78. The molecule has 1 saturated heterocycles. The van der Waals surface area contributed by atoms with Crippen LogP contribution in [0.4, 0.5) is 24.1 Å². The Morgan fingerprint density at radius 3 is 2.31 bits per heavy atom. The first kappa shape index (κ1) is 19.2. The zero-order valence-corrected chi connectivity index (χ0v) is 15.6. The molecule has 0 spiro atoms. The van der Waals surface area contributed by atoms with E-state index in [1.165, 1.54) is 0 Å².